The van der Waals surface area contributed by atoms with Gasteiger partial charge in [-0.05, 0) is 44.0 Å². The van der Waals surface area contributed by atoms with Gasteiger partial charge in [-0.15, -0.1) is 12.4 Å². The maximum atomic E-state index is 12.3. The summed E-state index contributed by atoms with van der Waals surface area (Å²) >= 11 is 0. The zero-order valence-electron chi connectivity index (χ0n) is 13.9. The van der Waals surface area contributed by atoms with Gasteiger partial charge in [0, 0.05) is 18.9 Å². The Morgan fingerprint density at radius 3 is 2.60 bits per heavy atom. The summed E-state index contributed by atoms with van der Waals surface area (Å²) in [6, 6.07) is 7.03. The maximum absolute atomic E-state index is 12.3. The lowest BCUT2D eigenvalue weighted by atomic mass is 9.90. The number of hydrogen-bond donors (Lipinski definition) is 2. The van der Waals surface area contributed by atoms with E-state index in [1.54, 1.807) is 31.2 Å². The molecular weight excluding hydrogens is 348 g/mol. The maximum Gasteiger partial charge on any atom is 0.264 e. The highest BCUT2D eigenvalue weighted by Gasteiger charge is 2.35. The molecule has 1 aliphatic rings. The largest absolute Gasteiger partial charge is 0.484 e. The van der Waals surface area contributed by atoms with Gasteiger partial charge >= 0.3 is 0 Å². The molecule has 1 saturated heterocycles. The van der Waals surface area contributed by atoms with Crippen LogP contribution in [0.5, 0.6) is 5.75 Å². The van der Waals surface area contributed by atoms with E-state index in [2.05, 4.69) is 15.5 Å². The van der Waals surface area contributed by atoms with Gasteiger partial charge in [0.2, 0.25) is 5.91 Å². The molecule has 3 N–H and O–H groups in total. The lowest BCUT2D eigenvalue weighted by Crippen LogP contribution is -2.54. The van der Waals surface area contributed by atoms with Gasteiger partial charge in [0.25, 0.3) is 5.89 Å². The van der Waals surface area contributed by atoms with Crippen LogP contribution >= 0.6 is 12.4 Å². The van der Waals surface area contributed by atoms with Crippen molar-refractivity contribution < 1.29 is 18.8 Å². The topological polar surface area (TPSA) is 113 Å². The minimum absolute atomic E-state index is 0. The number of carbonyl (C=O) groups excluding carboxylic acids is 1. The van der Waals surface area contributed by atoms with E-state index in [1.165, 1.54) is 0 Å². The van der Waals surface area contributed by atoms with Gasteiger partial charge < -0.3 is 25.0 Å². The Labute approximate surface area is 151 Å². The molecule has 1 fully saturated rings. The van der Waals surface area contributed by atoms with Crippen LogP contribution in [-0.2, 0) is 16.1 Å². The third kappa shape index (κ3) is 4.91. The van der Waals surface area contributed by atoms with Gasteiger partial charge in [-0.3, -0.25) is 4.79 Å². The van der Waals surface area contributed by atoms with Crippen LogP contribution in [0.2, 0.25) is 0 Å². The van der Waals surface area contributed by atoms with Crippen LogP contribution in [-0.4, -0.2) is 34.8 Å². The third-order valence-corrected chi connectivity index (χ3v) is 3.88. The van der Waals surface area contributed by atoms with Crippen LogP contribution in [0.15, 0.2) is 28.8 Å². The number of amides is 1. The molecule has 9 heteroatoms. The molecule has 0 spiro atoms. The van der Waals surface area contributed by atoms with Gasteiger partial charge in [0.05, 0.1) is 0 Å². The van der Waals surface area contributed by atoms with Crippen molar-refractivity contribution in [3.63, 3.8) is 0 Å². The Morgan fingerprint density at radius 1 is 1.32 bits per heavy atom. The van der Waals surface area contributed by atoms with E-state index < -0.39 is 5.54 Å². The van der Waals surface area contributed by atoms with Crippen LogP contribution in [0.4, 0.5) is 5.69 Å². The second-order valence-corrected chi connectivity index (χ2v) is 5.77. The zero-order chi connectivity index (χ0) is 17.0. The Hall–Kier alpha value is -2.16. The molecular formula is C16H21ClN4O4. The minimum atomic E-state index is -0.872. The van der Waals surface area contributed by atoms with Crippen LogP contribution in [0.1, 0.15) is 24.6 Å². The summed E-state index contributed by atoms with van der Waals surface area (Å²) in [6.07, 6.45) is 1.03. The van der Waals surface area contributed by atoms with E-state index in [0.717, 1.165) is 0 Å². The van der Waals surface area contributed by atoms with Crippen molar-refractivity contribution in [3.05, 3.63) is 36.0 Å². The van der Waals surface area contributed by atoms with Crippen molar-refractivity contribution in [2.24, 2.45) is 5.73 Å². The number of nitrogens with one attached hydrogen (secondary N) is 1. The Morgan fingerprint density at radius 2 is 2.00 bits per heavy atom. The molecule has 1 aromatic heterocycles. The van der Waals surface area contributed by atoms with Gasteiger partial charge in [-0.2, -0.15) is 4.98 Å². The number of ether oxygens (including phenoxy) is 2. The molecule has 136 valence electrons. The van der Waals surface area contributed by atoms with E-state index in [-0.39, 0.29) is 24.9 Å². The molecule has 0 radical (unpaired) electrons. The molecule has 2 heterocycles. The van der Waals surface area contributed by atoms with Gasteiger partial charge in [-0.1, -0.05) is 5.16 Å². The van der Waals surface area contributed by atoms with Crippen molar-refractivity contribution in [1.29, 1.82) is 0 Å². The Bertz CT molecular complexity index is 698. The van der Waals surface area contributed by atoms with Crippen molar-refractivity contribution in [3.8, 4) is 5.75 Å². The van der Waals surface area contributed by atoms with E-state index in [1.807, 2.05) is 0 Å². The summed E-state index contributed by atoms with van der Waals surface area (Å²) in [7, 11) is 0. The van der Waals surface area contributed by atoms with E-state index in [4.69, 9.17) is 19.7 Å². The number of carbonyl (C=O) groups is 1. The second-order valence-electron chi connectivity index (χ2n) is 5.77. The standard InChI is InChI=1S/C16H20N4O4.ClH/c1-11-18-14(24-20-11)10-23-13-4-2-12(3-5-13)19-15(21)16(17)6-8-22-9-7-16;/h2-5H,6-10,17H2,1H3,(H,19,21);1H. The second kappa shape index (κ2) is 8.28. The number of aryl methyl sites for hydroxylation is 1. The SMILES string of the molecule is Cc1noc(COc2ccc(NC(=O)C3(N)CCOCC3)cc2)n1.Cl. The number of benzene rings is 1. The molecule has 0 atom stereocenters. The fourth-order valence-electron chi connectivity index (χ4n) is 2.40. The first-order chi connectivity index (χ1) is 11.5. The summed E-state index contributed by atoms with van der Waals surface area (Å²) in [6.45, 7) is 2.95. The van der Waals surface area contributed by atoms with Gasteiger partial charge in [-0.25, -0.2) is 0 Å². The monoisotopic (exact) mass is 368 g/mol. The fraction of sp³-hybridized carbons (Fsp3) is 0.438. The number of halogens is 1. The van der Waals surface area contributed by atoms with Crippen molar-refractivity contribution in [1.82, 2.24) is 10.1 Å². The van der Waals surface area contributed by atoms with Crippen LogP contribution in [0.3, 0.4) is 0 Å². The molecule has 0 bridgehead atoms. The molecule has 8 nitrogen and oxygen atoms in total. The molecule has 1 aromatic carbocycles. The normalized spacial score (nSPS) is 15.9. The number of anilines is 1. The quantitative estimate of drug-likeness (QED) is 0.827. The summed E-state index contributed by atoms with van der Waals surface area (Å²) < 4.78 is 15.8. The first kappa shape index (κ1) is 19.2. The summed E-state index contributed by atoms with van der Waals surface area (Å²) in [5.41, 5.74) is 5.95. The molecule has 0 aliphatic carbocycles. The summed E-state index contributed by atoms with van der Waals surface area (Å²) in [4.78, 5) is 16.4. The van der Waals surface area contributed by atoms with Crippen molar-refractivity contribution in [2.75, 3.05) is 18.5 Å². The number of hydrogen-bond acceptors (Lipinski definition) is 7. The van der Waals surface area contributed by atoms with Crippen molar-refractivity contribution in [2.45, 2.75) is 31.9 Å². The highest BCUT2D eigenvalue weighted by molar-refractivity contribution is 5.98. The van der Waals surface area contributed by atoms with Gasteiger partial charge in [0.15, 0.2) is 12.4 Å². The highest BCUT2D eigenvalue weighted by atomic mass is 35.5. The smallest absolute Gasteiger partial charge is 0.264 e. The zero-order valence-corrected chi connectivity index (χ0v) is 14.7. The van der Waals surface area contributed by atoms with E-state index >= 15 is 0 Å². The average Bonchev–Trinajstić information content (AvgIpc) is 3.00. The first-order valence-corrected chi connectivity index (χ1v) is 7.75. The Balaban J connectivity index is 0.00000225. The van der Waals surface area contributed by atoms with Crippen LogP contribution in [0.25, 0.3) is 0 Å². The molecule has 1 amide bonds. The number of aromatic nitrogens is 2. The molecule has 3 rings (SSSR count). The van der Waals surface area contributed by atoms with E-state index in [0.29, 0.717) is 49.2 Å². The number of nitrogens with zero attached hydrogens (tertiary/aromatic N) is 2. The molecule has 25 heavy (non-hydrogen) atoms. The average molecular weight is 369 g/mol. The van der Waals surface area contributed by atoms with E-state index in [9.17, 15) is 4.79 Å². The molecule has 2 aromatic rings. The lowest BCUT2D eigenvalue weighted by molar-refractivity contribution is -0.124. The molecule has 0 unspecified atom stereocenters. The molecule has 0 saturated carbocycles. The van der Waals surface area contributed by atoms with Crippen LogP contribution < -0.4 is 15.8 Å². The number of nitrogens with two attached hydrogens (primary N) is 1. The predicted molar refractivity (Wildman–Crippen MR) is 92.7 cm³/mol. The minimum Gasteiger partial charge on any atom is -0.484 e. The first-order valence-electron chi connectivity index (χ1n) is 7.75. The summed E-state index contributed by atoms with van der Waals surface area (Å²) in [5.74, 6) is 1.42. The third-order valence-electron chi connectivity index (χ3n) is 3.88. The van der Waals surface area contributed by atoms with Gasteiger partial charge in [0.1, 0.15) is 11.3 Å². The van der Waals surface area contributed by atoms with Crippen molar-refractivity contribution >= 4 is 24.0 Å². The Kier molecular flexibility index (Phi) is 6.35. The van der Waals surface area contributed by atoms with Crippen LogP contribution in [0, 0.1) is 6.92 Å². The molecule has 1 aliphatic heterocycles. The summed E-state index contributed by atoms with van der Waals surface area (Å²) in [5, 5.41) is 6.53. The number of rotatable bonds is 5. The lowest BCUT2D eigenvalue weighted by Gasteiger charge is -2.31. The highest BCUT2D eigenvalue weighted by Crippen LogP contribution is 2.22. The predicted octanol–water partition coefficient (Wildman–Crippen LogP) is 1.83. The fourth-order valence-corrected chi connectivity index (χ4v) is 2.40.